The number of nitrogens with one attached hydrogen (secondary N) is 1. The Morgan fingerprint density at radius 2 is 1.90 bits per heavy atom. The molecular formula is C23H33N3O4S. The lowest BCUT2D eigenvalue weighted by Gasteiger charge is -2.28. The van der Waals surface area contributed by atoms with E-state index in [1.54, 1.807) is 11.8 Å². The van der Waals surface area contributed by atoms with Crippen molar-refractivity contribution in [2.45, 2.75) is 46.1 Å². The van der Waals surface area contributed by atoms with Crippen LogP contribution in [0.2, 0.25) is 0 Å². The van der Waals surface area contributed by atoms with Crippen molar-refractivity contribution in [2.75, 3.05) is 39.1 Å². The fraction of sp³-hybridized carbons (Fsp3) is 0.522. The summed E-state index contributed by atoms with van der Waals surface area (Å²) < 4.78 is 5.25. The van der Waals surface area contributed by atoms with Gasteiger partial charge in [-0.05, 0) is 45.8 Å². The van der Waals surface area contributed by atoms with E-state index in [-0.39, 0.29) is 24.8 Å². The Morgan fingerprint density at radius 3 is 2.58 bits per heavy atom. The van der Waals surface area contributed by atoms with Crippen molar-refractivity contribution < 1.29 is 19.1 Å². The van der Waals surface area contributed by atoms with Gasteiger partial charge in [0.05, 0.1) is 25.3 Å². The predicted molar refractivity (Wildman–Crippen MR) is 124 cm³/mol. The molecule has 0 bridgehead atoms. The van der Waals surface area contributed by atoms with Gasteiger partial charge < -0.3 is 19.9 Å². The van der Waals surface area contributed by atoms with Crippen LogP contribution < -0.4 is 5.32 Å². The van der Waals surface area contributed by atoms with Gasteiger partial charge in [0.1, 0.15) is 5.00 Å². The second-order valence-corrected chi connectivity index (χ2v) is 8.68. The number of likely N-dealkylation sites (N-methyl/N-ethyl adjacent to an activating group) is 1. The third-order valence-electron chi connectivity index (χ3n) is 4.74. The zero-order chi connectivity index (χ0) is 22.8. The molecule has 0 unspecified atom stereocenters. The lowest BCUT2D eigenvalue weighted by molar-refractivity contribution is -0.132. The number of carbonyl (C=O) groups is 3. The molecule has 0 fully saturated rings. The van der Waals surface area contributed by atoms with Crippen LogP contribution in [0.4, 0.5) is 5.00 Å². The first-order valence-corrected chi connectivity index (χ1v) is 11.5. The summed E-state index contributed by atoms with van der Waals surface area (Å²) in [6.07, 6.45) is 10.5. The molecule has 7 nitrogen and oxygen atoms in total. The molecule has 1 aliphatic heterocycles. The SMILES string of the molecule is CC/C=C\C/C=C\CC(=O)Nc1sc2c(c1C(=O)OCC)CCN(C(=O)CN(C)C)C2. The summed E-state index contributed by atoms with van der Waals surface area (Å²) in [4.78, 5) is 42.1. The summed E-state index contributed by atoms with van der Waals surface area (Å²) in [6.45, 7) is 5.43. The highest BCUT2D eigenvalue weighted by Gasteiger charge is 2.31. The van der Waals surface area contributed by atoms with Crippen LogP contribution in [0.5, 0.6) is 0 Å². The fourth-order valence-corrected chi connectivity index (χ4v) is 4.57. The summed E-state index contributed by atoms with van der Waals surface area (Å²) in [6, 6.07) is 0. The number of thiophene rings is 1. The molecule has 0 aliphatic carbocycles. The van der Waals surface area contributed by atoms with Gasteiger partial charge in [0.15, 0.2) is 0 Å². The maximum absolute atomic E-state index is 12.6. The van der Waals surface area contributed by atoms with Crippen molar-refractivity contribution in [1.29, 1.82) is 0 Å². The Morgan fingerprint density at radius 1 is 1.16 bits per heavy atom. The molecule has 31 heavy (non-hydrogen) atoms. The van der Waals surface area contributed by atoms with E-state index in [0.29, 0.717) is 36.6 Å². The van der Waals surface area contributed by atoms with Crippen LogP contribution in [0.3, 0.4) is 0 Å². The van der Waals surface area contributed by atoms with Gasteiger partial charge in [-0.1, -0.05) is 31.2 Å². The first kappa shape index (κ1) is 24.8. The van der Waals surface area contributed by atoms with Gasteiger partial charge in [-0.2, -0.15) is 0 Å². The second-order valence-electron chi connectivity index (χ2n) is 7.57. The number of anilines is 1. The third-order valence-corrected chi connectivity index (χ3v) is 5.87. The zero-order valence-electron chi connectivity index (χ0n) is 18.9. The highest BCUT2D eigenvalue weighted by Crippen LogP contribution is 2.37. The smallest absolute Gasteiger partial charge is 0.341 e. The Kier molecular flexibility index (Phi) is 9.94. The number of hydrogen-bond acceptors (Lipinski definition) is 6. The van der Waals surface area contributed by atoms with Crippen LogP contribution in [0, 0.1) is 0 Å². The topological polar surface area (TPSA) is 79.0 Å². The second kappa shape index (κ2) is 12.4. The summed E-state index contributed by atoms with van der Waals surface area (Å²) in [7, 11) is 3.72. The number of amides is 2. The van der Waals surface area contributed by atoms with E-state index in [1.807, 2.05) is 31.1 Å². The van der Waals surface area contributed by atoms with Crippen molar-refractivity contribution >= 4 is 34.1 Å². The number of ether oxygens (including phenoxy) is 1. The largest absolute Gasteiger partial charge is 0.462 e. The first-order valence-electron chi connectivity index (χ1n) is 10.7. The van der Waals surface area contributed by atoms with Crippen LogP contribution in [0.1, 0.15) is 53.9 Å². The highest BCUT2D eigenvalue weighted by atomic mass is 32.1. The molecule has 0 radical (unpaired) electrons. The van der Waals surface area contributed by atoms with Crippen LogP contribution in [0.25, 0.3) is 0 Å². The molecule has 1 N–H and O–H groups in total. The molecule has 8 heteroatoms. The summed E-state index contributed by atoms with van der Waals surface area (Å²) in [5.74, 6) is -0.557. The van der Waals surface area contributed by atoms with Gasteiger partial charge >= 0.3 is 5.97 Å². The number of carbonyl (C=O) groups excluding carboxylic acids is 3. The minimum atomic E-state index is -0.427. The van der Waals surface area contributed by atoms with E-state index >= 15 is 0 Å². The van der Waals surface area contributed by atoms with Crippen molar-refractivity contribution in [3.63, 3.8) is 0 Å². The highest BCUT2D eigenvalue weighted by molar-refractivity contribution is 7.17. The molecule has 0 atom stereocenters. The maximum Gasteiger partial charge on any atom is 0.341 e. The molecule has 1 aromatic heterocycles. The number of nitrogens with zero attached hydrogens (tertiary/aromatic N) is 2. The molecular weight excluding hydrogens is 414 g/mol. The fourth-order valence-electron chi connectivity index (χ4n) is 3.30. The van der Waals surface area contributed by atoms with Crippen LogP contribution in [-0.2, 0) is 27.3 Å². The van der Waals surface area contributed by atoms with Gasteiger partial charge in [0.25, 0.3) is 0 Å². The average molecular weight is 448 g/mol. The normalized spacial score (nSPS) is 13.8. The van der Waals surface area contributed by atoms with Crippen LogP contribution in [-0.4, -0.2) is 61.4 Å². The molecule has 0 saturated carbocycles. The summed E-state index contributed by atoms with van der Waals surface area (Å²) in [5, 5.41) is 3.39. The zero-order valence-corrected chi connectivity index (χ0v) is 19.7. The van der Waals surface area contributed by atoms with Gasteiger partial charge in [-0.15, -0.1) is 11.3 Å². The monoisotopic (exact) mass is 447 g/mol. The van der Waals surface area contributed by atoms with E-state index in [4.69, 9.17) is 4.74 Å². The molecule has 2 rings (SSSR count). The Labute approximate surface area is 188 Å². The number of hydrogen-bond donors (Lipinski definition) is 1. The molecule has 1 aliphatic rings. The molecule has 2 heterocycles. The maximum atomic E-state index is 12.6. The molecule has 2 amide bonds. The summed E-state index contributed by atoms with van der Waals surface area (Å²) in [5.41, 5.74) is 1.32. The van der Waals surface area contributed by atoms with E-state index < -0.39 is 5.97 Å². The standard InChI is InChI=1S/C23H33N3O4S/c1-5-7-8-9-10-11-12-19(27)24-22-21(23(29)30-6-2)17-13-14-26(15-18(17)31-22)20(28)16-25(3)4/h7-8,10-11H,5-6,9,12-16H2,1-4H3,(H,24,27)/b8-7-,11-10-. The molecule has 1 aromatic rings. The van der Waals surface area contributed by atoms with Crippen LogP contribution >= 0.6 is 11.3 Å². The molecule has 0 aromatic carbocycles. The predicted octanol–water partition coefficient (Wildman–Crippen LogP) is 3.61. The first-order chi connectivity index (χ1) is 14.9. The van der Waals surface area contributed by atoms with Crippen molar-refractivity contribution in [3.05, 3.63) is 40.3 Å². The number of esters is 1. The lowest BCUT2D eigenvalue weighted by atomic mass is 10.0. The van der Waals surface area contributed by atoms with E-state index in [9.17, 15) is 14.4 Å². The molecule has 0 saturated heterocycles. The number of allylic oxidation sites excluding steroid dienone is 3. The Hall–Kier alpha value is -2.45. The van der Waals surface area contributed by atoms with Gasteiger partial charge in [-0.3, -0.25) is 9.59 Å². The van der Waals surface area contributed by atoms with E-state index in [0.717, 1.165) is 23.3 Å². The molecule has 170 valence electrons. The molecule has 0 spiro atoms. The van der Waals surface area contributed by atoms with Gasteiger partial charge in [-0.25, -0.2) is 4.79 Å². The average Bonchev–Trinajstić information content (AvgIpc) is 3.07. The van der Waals surface area contributed by atoms with Crippen molar-refractivity contribution in [3.8, 4) is 0 Å². The van der Waals surface area contributed by atoms with E-state index in [1.165, 1.54) is 11.3 Å². The Balaban J connectivity index is 2.15. The van der Waals surface area contributed by atoms with Gasteiger partial charge in [0, 0.05) is 17.8 Å². The Bertz CT molecular complexity index is 842. The third kappa shape index (κ3) is 7.33. The minimum absolute atomic E-state index is 0.0505. The lowest BCUT2D eigenvalue weighted by Crippen LogP contribution is -2.40. The minimum Gasteiger partial charge on any atom is -0.462 e. The number of fused-ring (bicyclic) bond motifs is 1. The van der Waals surface area contributed by atoms with Crippen molar-refractivity contribution in [2.24, 2.45) is 0 Å². The van der Waals surface area contributed by atoms with Crippen LogP contribution in [0.15, 0.2) is 24.3 Å². The van der Waals surface area contributed by atoms with E-state index in [2.05, 4.69) is 24.4 Å². The number of rotatable bonds is 10. The van der Waals surface area contributed by atoms with Gasteiger partial charge in [0.2, 0.25) is 11.8 Å². The van der Waals surface area contributed by atoms with Crippen molar-refractivity contribution in [1.82, 2.24) is 9.80 Å². The quantitative estimate of drug-likeness (QED) is 0.438. The summed E-state index contributed by atoms with van der Waals surface area (Å²) >= 11 is 1.36.